The zero-order valence-electron chi connectivity index (χ0n) is 60.8. The van der Waals surface area contributed by atoms with Gasteiger partial charge in [0.25, 0.3) is 0 Å². The number of carboxylic acids is 1. The van der Waals surface area contributed by atoms with Crippen LogP contribution in [0, 0.1) is 28.1 Å². The number of fused-ring (bicyclic) bond motifs is 1. The van der Waals surface area contributed by atoms with Crippen molar-refractivity contribution in [1.82, 2.24) is 30.2 Å². The van der Waals surface area contributed by atoms with Crippen molar-refractivity contribution in [1.29, 1.82) is 16.2 Å². The summed E-state index contributed by atoms with van der Waals surface area (Å²) in [6.45, 7) is 6.76. The van der Waals surface area contributed by atoms with Gasteiger partial charge in [-0.05, 0) is 49.7 Å². The number of H-pyrrole nitrogens is 3. The first kappa shape index (κ1) is 89.2. The number of nitrogens with one attached hydrogen (secondary N) is 7. The van der Waals surface area contributed by atoms with Gasteiger partial charge in [0, 0.05) is 91.5 Å². The van der Waals surface area contributed by atoms with E-state index in [-0.39, 0.29) is 38.6 Å². The third-order valence-electron chi connectivity index (χ3n) is 16.3. The van der Waals surface area contributed by atoms with E-state index in [0.717, 1.165) is 28.5 Å². The molecule has 0 spiro atoms. The summed E-state index contributed by atoms with van der Waals surface area (Å²) in [6.07, 6.45) is 2.08. The maximum Gasteiger partial charge on any atom is 0.306 e. The van der Waals surface area contributed by atoms with Crippen molar-refractivity contribution in [3.05, 3.63) is 72.5 Å². The van der Waals surface area contributed by atoms with Gasteiger partial charge in [-0.2, -0.15) is 0 Å². The van der Waals surface area contributed by atoms with Gasteiger partial charge in [-0.15, -0.1) is 0 Å². The van der Waals surface area contributed by atoms with Gasteiger partial charge in [-0.1, -0.05) is 73.9 Å². The molecule has 5 rings (SSSR count). The Morgan fingerprint density at radius 1 is 0.645 bits per heavy atom. The lowest BCUT2D eigenvalue weighted by Crippen LogP contribution is -2.35. The topological polar surface area (TPSA) is 725 Å². The first-order valence-corrected chi connectivity index (χ1v) is 36.8. The molecule has 4 aromatic rings. The minimum absolute atomic E-state index is 0.0163. The second-order valence-electron chi connectivity index (χ2n) is 25.4. The Balaban J connectivity index is 1.87. The summed E-state index contributed by atoms with van der Waals surface area (Å²) >= 11 is 0. The molecule has 602 valence electrons. The van der Waals surface area contributed by atoms with Gasteiger partial charge in [0.2, 0.25) is 76.7 Å². The SMILES string of the molecule is CCC(C)C(N=C(C)O)C(O)=NC1CSSCC(C(O)=NC(C(=N)O)C(C)O)N=C(O)C(CCCNC(=N)N)N=C(O)C(Cc2cnc[nH]2)N=C(O)C(Cc2cnc[nH]2)N=C(O)CN=C(O)C(Cc2c[nH]c3ccccc23)N=C(O)C(CC(=O)O)N=C(O)C(CCC(=N)O)N=C(O)C(CO)N=C(O)C(C(C)C)N=C1O. The Bertz CT molecular complexity index is 4110. The van der Waals surface area contributed by atoms with Crippen molar-refractivity contribution in [3.8, 4) is 0 Å². The number of aliphatic imine (C=N–C) groups is 13. The number of nitrogens with two attached hydrogens (primary N) is 1. The molecule has 44 heteroatoms. The van der Waals surface area contributed by atoms with Crippen LogP contribution in [0.25, 0.3) is 10.9 Å². The smallest absolute Gasteiger partial charge is 0.306 e. The molecular weight excluding hydrogens is 1480 g/mol. The van der Waals surface area contributed by atoms with E-state index in [0.29, 0.717) is 34.3 Å². The summed E-state index contributed by atoms with van der Waals surface area (Å²) in [5.74, 6) is -18.5. The monoisotopic (exact) mass is 1580 g/mol. The Morgan fingerprint density at radius 2 is 1.19 bits per heavy atom. The molecular formula is C66H97N23O19S2. The van der Waals surface area contributed by atoms with Crippen LogP contribution in [0.1, 0.15) is 97.0 Å². The summed E-state index contributed by atoms with van der Waals surface area (Å²) in [4.78, 5) is 83.9. The van der Waals surface area contributed by atoms with Gasteiger partial charge in [0.1, 0.15) is 67.0 Å². The van der Waals surface area contributed by atoms with Crippen molar-refractivity contribution in [2.24, 2.45) is 82.5 Å². The van der Waals surface area contributed by atoms with E-state index in [1.54, 1.807) is 44.3 Å². The number of benzene rings is 1. The summed E-state index contributed by atoms with van der Waals surface area (Å²) in [5.41, 5.74) is 7.22. The number of aromatic nitrogens is 5. The normalized spacial score (nSPS) is 23.6. The van der Waals surface area contributed by atoms with Crippen LogP contribution in [0.5, 0.6) is 0 Å². The quantitative estimate of drug-likeness (QED) is 0.0158. The number of para-hydroxylation sites is 1. The van der Waals surface area contributed by atoms with Gasteiger partial charge in [-0.3, -0.25) is 21.0 Å². The van der Waals surface area contributed by atoms with Gasteiger partial charge in [-0.25, -0.2) is 74.9 Å². The van der Waals surface area contributed by atoms with Crippen molar-refractivity contribution >= 4 is 133 Å². The minimum Gasteiger partial charge on any atom is -0.497 e. The Kier molecular flexibility index (Phi) is 35.8. The summed E-state index contributed by atoms with van der Waals surface area (Å²) in [5, 5.41) is 231. The van der Waals surface area contributed by atoms with E-state index in [1.807, 2.05) is 0 Å². The van der Waals surface area contributed by atoms with Crippen LogP contribution in [0.3, 0.4) is 0 Å². The fourth-order valence-electron chi connectivity index (χ4n) is 10.3. The number of imidazole rings is 2. The molecule has 0 radical (unpaired) electrons. The van der Waals surface area contributed by atoms with Crippen molar-refractivity contribution in [2.75, 3.05) is 31.2 Å². The first-order chi connectivity index (χ1) is 52.1. The van der Waals surface area contributed by atoms with Crippen LogP contribution in [0.15, 0.2) is 120 Å². The van der Waals surface area contributed by atoms with Crippen molar-refractivity contribution < 1.29 is 96.7 Å². The van der Waals surface area contributed by atoms with Crippen LogP contribution in [0.4, 0.5) is 0 Å². The molecule has 42 nitrogen and oxygen atoms in total. The number of guanidine groups is 1. The van der Waals surface area contributed by atoms with Crippen molar-refractivity contribution in [3.63, 3.8) is 0 Å². The predicted octanol–water partition coefficient (Wildman–Crippen LogP) is 5.58. The van der Waals surface area contributed by atoms with E-state index in [9.17, 15) is 96.7 Å². The Labute approximate surface area is 637 Å². The van der Waals surface area contributed by atoms with Crippen LogP contribution in [-0.4, -0.2) is 327 Å². The second-order valence-corrected chi connectivity index (χ2v) is 28.0. The molecule has 1 aromatic carbocycles. The second kappa shape index (κ2) is 44.2. The van der Waals surface area contributed by atoms with Crippen LogP contribution in [0.2, 0.25) is 0 Å². The standard InChI is InChI=1S/C66H97N23O19S2/c1-7-31(4)52(78-33(6)92)65(108)87-47-27-110-109-26-46(63(106)89-53(32(5)91)54(68)97)86-56(99)39(13-10-16-73-66(69)70)80-59(102)43(19-36-23-72-29-77-36)83-58(101)42(18-35-22-71-28-76-35)79-49(94)24-75-55(98)41(17-34-21-74-38-12-9-8-11-37(34)38)82-60(103)44(20-50(95)96)84-57(100)40(14-15-48(67)93)81-61(104)45(25-90)85-64(107)51(30(2)3)88-62(47)105/h8-9,11-12,21-23,28-32,39-47,51-53,74,90-91H,7,10,13-20,24-27H2,1-6H3,(H2,67,93)(H2,68,97)(H,71,76)(H,72,77)(H,75,98)(H,78,92)(H,79,94)(H,80,102)(H,81,104)(H,82,103)(H,83,101)(H,84,100)(H,85,107)(H,86,99)(H,87,108)(H,88,105)(H,89,106)(H,95,96)(H4,69,70,73). The van der Waals surface area contributed by atoms with Gasteiger partial charge >= 0.3 is 5.97 Å². The van der Waals surface area contributed by atoms with E-state index in [2.05, 4.69) is 95.1 Å². The van der Waals surface area contributed by atoms with Crippen LogP contribution >= 0.6 is 21.6 Å². The summed E-state index contributed by atoms with van der Waals surface area (Å²) in [6, 6.07) is -13.6. The molecule has 14 atom stereocenters. The first-order valence-electron chi connectivity index (χ1n) is 34.3. The molecule has 0 bridgehead atoms. The van der Waals surface area contributed by atoms with Gasteiger partial charge in [0.15, 0.2) is 29.8 Å². The predicted molar refractivity (Wildman–Crippen MR) is 423 cm³/mol. The average Bonchev–Trinajstić information content (AvgIpc) is 1.64. The maximum absolute atomic E-state index is 12.5. The summed E-state index contributed by atoms with van der Waals surface area (Å²) in [7, 11) is 1.69. The zero-order valence-corrected chi connectivity index (χ0v) is 62.4. The van der Waals surface area contributed by atoms with Crippen molar-refractivity contribution in [2.45, 2.75) is 178 Å². The number of hydrogen-bond donors (Lipinski definition) is 26. The molecule has 4 heterocycles. The number of aromatic amines is 3. The highest BCUT2D eigenvalue weighted by Crippen LogP contribution is 2.28. The summed E-state index contributed by atoms with van der Waals surface area (Å²) < 4.78 is 0. The third kappa shape index (κ3) is 29.0. The highest BCUT2D eigenvalue weighted by Gasteiger charge is 2.34. The zero-order chi connectivity index (χ0) is 81.5. The van der Waals surface area contributed by atoms with Gasteiger partial charge in [0.05, 0.1) is 31.8 Å². The number of aliphatic hydroxyl groups excluding tert-OH is 17. The molecule has 27 N–H and O–H groups in total. The molecule has 110 heavy (non-hydrogen) atoms. The molecule has 3 aromatic heterocycles. The van der Waals surface area contributed by atoms with Crippen LogP contribution < -0.4 is 11.1 Å². The number of carboxylic acid groups (broad SMARTS) is 1. The van der Waals surface area contributed by atoms with E-state index >= 15 is 0 Å². The molecule has 14 unspecified atom stereocenters. The highest BCUT2D eigenvalue weighted by atomic mass is 33.1. The molecule has 0 fully saturated rings. The molecule has 1 aliphatic rings. The lowest BCUT2D eigenvalue weighted by Gasteiger charge is -2.21. The third-order valence-corrected chi connectivity index (χ3v) is 18.7. The Hall–Kier alpha value is -11.4. The Morgan fingerprint density at radius 3 is 1.75 bits per heavy atom. The molecule has 0 amide bonds. The fourth-order valence-corrected chi connectivity index (χ4v) is 12.6. The molecule has 0 aliphatic carbocycles. The fraction of sp³-hybridized carbons (Fsp3) is 0.530. The largest absolute Gasteiger partial charge is 0.497 e. The number of rotatable bonds is 26. The number of aliphatic hydroxyl groups is 17. The lowest BCUT2D eigenvalue weighted by molar-refractivity contribution is -0.137. The highest BCUT2D eigenvalue weighted by molar-refractivity contribution is 8.76. The van der Waals surface area contributed by atoms with E-state index < -0.39 is 235 Å². The number of nitrogens with zero attached hydrogens (tertiary/aromatic N) is 15. The number of hydrogen-bond acceptors (Lipinski definition) is 23. The van der Waals surface area contributed by atoms with E-state index in [4.69, 9.17) is 22.0 Å². The molecule has 0 saturated heterocycles. The van der Waals surface area contributed by atoms with Crippen LogP contribution in [-0.2, 0) is 24.1 Å². The maximum atomic E-state index is 12.5. The number of carbonyl (C=O) groups is 1. The lowest BCUT2D eigenvalue weighted by atomic mass is 9.99. The minimum atomic E-state index is -2.07. The molecule has 1 aliphatic heterocycles. The average molecular weight is 1580 g/mol. The number of aliphatic carboxylic acids is 1. The van der Waals surface area contributed by atoms with E-state index in [1.165, 1.54) is 45.8 Å². The van der Waals surface area contributed by atoms with Gasteiger partial charge < -0.3 is 118 Å². The molecule has 0 saturated carbocycles.